The van der Waals surface area contributed by atoms with E-state index in [0.717, 1.165) is 25.7 Å². The van der Waals surface area contributed by atoms with Gasteiger partial charge in [-0.25, -0.2) is 4.39 Å². The van der Waals surface area contributed by atoms with Gasteiger partial charge in [-0.1, -0.05) is 49.6 Å². The van der Waals surface area contributed by atoms with Crippen molar-refractivity contribution in [2.75, 3.05) is 0 Å². The zero-order valence-electron chi connectivity index (χ0n) is 10.3. The molecule has 1 aromatic carbocycles. The zero-order chi connectivity index (χ0) is 11.6. The van der Waals surface area contributed by atoms with E-state index < -0.39 is 5.67 Å². The number of hydrogen-bond donors (Lipinski definition) is 0. The molecule has 0 aliphatic heterocycles. The van der Waals surface area contributed by atoms with Crippen LogP contribution in [0.5, 0.6) is 0 Å². The third-order valence-electron chi connectivity index (χ3n) is 4.17. The van der Waals surface area contributed by atoms with Gasteiger partial charge >= 0.3 is 0 Å². The predicted molar refractivity (Wildman–Crippen MR) is 66.4 cm³/mol. The molecule has 16 heavy (non-hydrogen) atoms. The van der Waals surface area contributed by atoms with Crippen LogP contribution in [-0.2, 0) is 5.41 Å². The highest BCUT2D eigenvalue weighted by molar-refractivity contribution is 5.29. The van der Waals surface area contributed by atoms with E-state index in [1.807, 2.05) is 18.2 Å². The first-order valence-corrected chi connectivity index (χ1v) is 6.31. The Morgan fingerprint density at radius 1 is 1.00 bits per heavy atom. The molecule has 1 fully saturated rings. The number of benzene rings is 1. The van der Waals surface area contributed by atoms with Gasteiger partial charge in [0.2, 0.25) is 0 Å². The molecule has 2 rings (SSSR count). The van der Waals surface area contributed by atoms with E-state index in [-0.39, 0.29) is 5.41 Å². The molecule has 0 amide bonds. The fourth-order valence-corrected chi connectivity index (χ4v) is 3.14. The second-order valence-electron chi connectivity index (χ2n) is 5.48. The summed E-state index contributed by atoms with van der Waals surface area (Å²) in [4.78, 5) is 0. The Morgan fingerprint density at radius 3 is 2.06 bits per heavy atom. The van der Waals surface area contributed by atoms with Crippen LogP contribution < -0.4 is 0 Å². The first-order chi connectivity index (χ1) is 7.56. The van der Waals surface area contributed by atoms with Crippen molar-refractivity contribution in [3.63, 3.8) is 0 Å². The van der Waals surface area contributed by atoms with Crippen molar-refractivity contribution < 1.29 is 4.39 Å². The lowest BCUT2D eigenvalue weighted by molar-refractivity contribution is 0.0564. The van der Waals surface area contributed by atoms with E-state index in [9.17, 15) is 4.39 Å². The SMILES string of the molecule is CC(C)(F)C1(c2ccccc2)CCCCC1. The molecule has 0 heterocycles. The lowest BCUT2D eigenvalue weighted by atomic mass is 9.61. The topological polar surface area (TPSA) is 0 Å². The quantitative estimate of drug-likeness (QED) is 0.681. The standard InChI is InChI=1S/C15H21F/c1-14(2,16)15(11-7-4-8-12-15)13-9-5-3-6-10-13/h3,5-6,9-10H,4,7-8,11-12H2,1-2H3. The van der Waals surface area contributed by atoms with Gasteiger partial charge in [0, 0.05) is 5.41 Å². The minimum Gasteiger partial charge on any atom is -0.244 e. The molecule has 0 aromatic heterocycles. The Kier molecular flexibility index (Phi) is 3.05. The van der Waals surface area contributed by atoms with Crippen LogP contribution in [0.15, 0.2) is 30.3 Å². The minimum absolute atomic E-state index is 0.257. The van der Waals surface area contributed by atoms with E-state index in [2.05, 4.69) is 12.1 Å². The van der Waals surface area contributed by atoms with Gasteiger partial charge in [0.1, 0.15) is 5.67 Å². The Balaban J connectivity index is 2.42. The van der Waals surface area contributed by atoms with Crippen molar-refractivity contribution in [2.45, 2.75) is 57.0 Å². The average molecular weight is 220 g/mol. The van der Waals surface area contributed by atoms with Crippen LogP contribution in [0, 0.1) is 0 Å². The smallest absolute Gasteiger partial charge is 0.115 e. The van der Waals surface area contributed by atoms with Crippen molar-refractivity contribution in [3.8, 4) is 0 Å². The number of rotatable bonds is 2. The molecule has 0 unspecified atom stereocenters. The normalized spacial score (nSPS) is 20.7. The van der Waals surface area contributed by atoms with Crippen LogP contribution in [-0.4, -0.2) is 5.67 Å². The van der Waals surface area contributed by atoms with E-state index in [4.69, 9.17) is 0 Å². The first-order valence-electron chi connectivity index (χ1n) is 6.31. The van der Waals surface area contributed by atoms with Crippen molar-refractivity contribution in [3.05, 3.63) is 35.9 Å². The van der Waals surface area contributed by atoms with E-state index >= 15 is 0 Å². The fourth-order valence-electron chi connectivity index (χ4n) is 3.14. The molecular formula is C15H21F. The third kappa shape index (κ3) is 1.88. The summed E-state index contributed by atoms with van der Waals surface area (Å²) < 4.78 is 14.6. The number of halogens is 1. The Bertz CT molecular complexity index is 328. The molecule has 0 radical (unpaired) electrons. The van der Waals surface area contributed by atoms with E-state index in [1.165, 1.54) is 12.0 Å². The number of hydrogen-bond acceptors (Lipinski definition) is 0. The van der Waals surface area contributed by atoms with Gasteiger partial charge in [0.05, 0.1) is 0 Å². The highest BCUT2D eigenvalue weighted by Gasteiger charge is 2.47. The fraction of sp³-hybridized carbons (Fsp3) is 0.600. The van der Waals surface area contributed by atoms with Gasteiger partial charge in [-0.15, -0.1) is 0 Å². The summed E-state index contributed by atoms with van der Waals surface area (Å²) in [6, 6.07) is 10.2. The Morgan fingerprint density at radius 2 is 1.56 bits per heavy atom. The molecule has 1 aliphatic carbocycles. The highest BCUT2D eigenvalue weighted by Crippen LogP contribution is 2.48. The molecule has 0 nitrogen and oxygen atoms in total. The summed E-state index contributed by atoms with van der Waals surface area (Å²) in [6.07, 6.45) is 5.54. The molecule has 0 bridgehead atoms. The van der Waals surface area contributed by atoms with Crippen molar-refractivity contribution >= 4 is 0 Å². The molecule has 0 atom stereocenters. The van der Waals surface area contributed by atoms with Crippen LogP contribution in [0.4, 0.5) is 4.39 Å². The van der Waals surface area contributed by atoms with E-state index in [0.29, 0.717) is 0 Å². The van der Waals surface area contributed by atoms with Crippen LogP contribution in [0.25, 0.3) is 0 Å². The molecular weight excluding hydrogens is 199 g/mol. The van der Waals surface area contributed by atoms with Gasteiger partial charge in [-0.3, -0.25) is 0 Å². The predicted octanol–water partition coefficient (Wildman–Crippen LogP) is 4.64. The Hall–Kier alpha value is -0.850. The first kappa shape index (κ1) is 11.6. The van der Waals surface area contributed by atoms with Crippen LogP contribution >= 0.6 is 0 Å². The summed E-state index contributed by atoms with van der Waals surface area (Å²) in [5.74, 6) is 0. The van der Waals surface area contributed by atoms with Crippen molar-refractivity contribution in [1.82, 2.24) is 0 Å². The van der Waals surface area contributed by atoms with Crippen LogP contribution in [0.1, 0.15) is 51.5 Å². The molecule has 1 heteroatoms. The van der Waals surface area contributed by atoms with Gasteiger partial charge in [-0.05, 0) is 32.3 Å². The maximum absolute atomic E-state index is 14.6. The van der Waals surface area contributed by atoms with Gasteiger partial charge in [0.15, 0.2) is 0 Å². The van der Waals surface area contributed by atoms with Gasteiger partial charge in [0.25, 0.3) is 0 Å². The summed E-state index contributed by atoms with van der Waals surface area (Å²) in [6.45, 7) is 3.48. The van der Waals surface area contributed by atoms with Crippen LogP contribution in [0.3, 0.4) is 0 Å². The Labute approximate surface area is 97.9 Å². The second kappa shape index (κ2) is 4.20. The second-order valence-corrected chi connectivity index (χ2v) is 5.48. The molecule has 1 aliphatic rings. The van der Waals surface area contributed by atoms with Gasteiger partial charge < -0.3 is 0 Å². The van der Waals surface area contributed by atoms with Crippen molar-refractivity contribution in [1.29, 1.82) is 0 Å². The lowest BCUT2D eigenvalue weighted by Gasteiger charge is -2.45. The maximum atomic E-state index is 14.6. The summed E-state index contributed by atoms with van der Waals surface area (Å²) in [7, 11) is 0. The summed E-state index contributed by atoms with van der Waals surface area (Å²) in [5.41, 5.74) is -0.205. The number of alkyl halides is 1. The average Bonchev–Trinajstić information content (AvgIpc) is 2.30. The minimum atomic E-state index is -1.13. The largest absolute Gasteiger partial charge is 0.244 e. The van der Waals surface area contributed by atoms with Crippen LogP contribution in [0.2, 0.25) is 0 Å². The monoisotopic (exact) mass is 220 g/mol. The zero-order valence-corrected chi connectivity index (χ0v) is 10.3. The lowest BCUT2D eigenvalue weighted by Crippen LogP contribution is -2.45. The van der Waals surface area contributed by atoms with Gasteiger partial charge in [-0.2, -0.15) is 0 Å². The third-order valence-corrected chi connectivity index (χ3v) is 4.17. The molecule has 1 aromatic rings. The molecule has 0 spiro atoms. The summed E-state index contributed by atoms with van der Waals surface area (Å²) in [5, 5.41) is 0. The molecule has 88 valence electrons. The molecule has 0 saturated heterocycles. The van der Waals surface area contributed by atoms with Crippen molar-refractivity contribution in [2.24, 2.45) is 0 Å². The molecule has 0 N–H and O–H groups in total. The molecule has 1 saturated carbocycles. The maximum Gasteiger partial charge on any atom is 0.115 e. The summed E-state index contributed by atoms with van der Waals surface area (Å²) >= 11 is 0. The highest BCUT2D eigenvalue weighted by atomic mass is 19.1. The van der Waals surface area contributed by atoms with E-state index in [1.54, 1.807) is 13.8 Å².